The Hall–Kier alpha value is -1.99. The number of anilines is 1. The molecule has 0 unspecified atom stereocenters. The minimum absolute atomic E-state index is 0.0874. The number of benzene rings is 1. The zero-order valence-electron chi connectivity index (χ0n) is 10.9. The van der Waals surface area contributed by atoms with E-state index in [0.29, 0.717) is 5.56 Å². The van der Waals surface area contributed by atoms with Gasteiger partial charge in [0.25, 0.3) is 10.0 Å². The fourth-order valence-electron chi connectivity index (χ4n) is 1.81. The van der Waals surface area contributed by atoms with Gasteiger partial charge in [-0.1, -0.05) is 13.0 Å². The fraction of sp³-hybridized carbons (Fsp3) is 0.231. The minimum atomic E-state index is -3.73. The highest BCUT2D eigenvalue weighted by molar-refractivity contribution is 7.92. The van der Waals surface area contributed by atoms with Gasteiger partial charge in [0.05, 0.1) is 11.5 Å². The fourth-order valence-corrected chi connectivity index (χ4v) is 2.86. The Morgan fingerprint density at radius 1 is 1.25 bits per heavy atom. The van der Waals surface area contributed by atoms with Crippen molar-refractivity contribution in [2.24, 2.45) is 0 Å². The molecule has 0 aliphatic heterocycles. The molecule has 0 saturated carbocycles. The van der Waals surface area contributed by atoms with Crippen LogP contribution in [0.4, 0.5) is 5.82 Å². The molecule has 6 nitrogen and oxygen atoms in total. The molecule has 7 heteroatoms. The van der Waals surface area contributed by atoms with Gasteiger partial charge in [-0.2, -0.15) is 5.10 Å². The zero-order chi connectivity index (χ0) is 14.6. The molecular formula is C13H15N3O3S. The number of aryl methyl sites for hydroxylation is 1. The maximum Gasteiger partial charge on any atom is 0.263 e. The van der Waals surface area contributed by atoms with E-state index in [4.69, 9.17) is 0 Å². The van der Waals surface area contributed by atoms with Gasteiger partial charge in [-0.25, -0.2) is 8.42 Å². The first-order valence-electron chi connectivity index (χ1n) is 6.10. The van der Waals surface area contributed by atoms with Crippen LogP contribution in [-0.4, -0.2) is 23.7 Å². The highest BCUT2D eigenvalue weighted by Crippen LogP contribution is 2.19. The first-order chi connectivity index (χ1) is 9.56. The Bertz CT molecular complexity index is 687. The summed E-state index contributed by atoms with van der Waals surface area (Å²) in [6.07, 6.45) is 2.19. The molecule has 0 fully saturated rings. The van der Waals surface area contributed by atoms with Crippen LogP contribution in [0.25, 0.3) is 0 Å². The van der Waals surface area contributed by atoms with Crippen LogP contribution < -0.4 is 4.72 Å². The molecular weight excluding hydrogens is 278 g/mol. The molecule has 0 aliphatic carbocycles. The van der Waals surface area contributed by atoms with E-state index in [1.807, 2.05) is 6.92 Å². The van der Waals surface area contributed by atoms with Crippen molar-refractivity contribution in [3.8, 4) is 0 Å². The SMILES string of the molecule is CCc1ccc(S(=O)(=O)Nc2cccnn2)cc1CO. The molecule has 20 heavy (non-hydrogen) atoms. The zero-order valence-corrected chi connectivity index (χ0v) is 11.8. The third-order valence-corrected chi connectivity index (χ3v) is 4.20. The number of rotatable bonds is 5. The van der Waals surface area contributed by atoms with Crippen molar-refractivity contribution < 1.29 is 13.5 Å². The largest absolute Gasteiger partial charge is 0.392 e. The van der Waals surface area contributed by atoms with Crippen LogP contribution in [0.1, 0.15) is 18.1 Å². The summed E-state index contributed by atoms with van der Waals surface area (Å²) >= 11 is 0. The van der Waals surface area contributed by atoms with E-state index in [-0.39, 0.29) is 17.3 Å². The normalized spacial score (nSPS) is 11.3. The summed E-state index contributed by atoms with van der Waals surface area (Å²) in [4.78, 5) is 0.0874. The molecule has 2 N–H and O–H groups in total. The summed E-state index contributed by atoms with van der Waals surface area (Å²) in [5, 5.41) is 16.6. The van der Waals surface area contributed by atoms with Gasteiger partial charge in [0.15, 0.2) is 5.82 Å². The van der Waals surface area contributed by atoms with Gasteiger partial charge in [0.2, 0.25) is 0 Å². The van der Waals surface area contributed by atoms with Crippen LogP contribution in [0.15, 0.2) is 41.4 Å². The first-order valence-corrected chi connectivity index (χ1v) is 7.58. The van der Waals surface area contributed by atoms with E-state index in [0.717, 1.165) is 12.0 Å². The number of aliphatic hydroxyl groups is 1. The van der Waals surface area contributed by atoms with E-state index in [9.17, 15) is 13.5 Å². The number of hydrogen-bond acceptors (Lipinski definition) is 5. The lowest BCUT2D eigenvalue weighted by atomic mass is 10.1. The van der Waals surface area contributed by atoms with Crippen molar-refractivity contribution in [3.63, 3.8) is 0 Å². The third kappa shape index (κ3) is 3.12. The van der Waals surface area contributed by atoms with E-state index in [1.54, 1.807) is 12.1 Å². The van der Waals surface area contributed by atoms with Gasteiger partial charge in [0.1, 0.15) is 0 Å². The summed E-state index contributed by atoms with van der Waals surface area (Å²) in [6.45, 7) is 1.75. The summed E-state index contributed by atoms with van der Waals surface area (Å²) in [6, 6.07) is 7.78. The maximum atomic E-state index is 12.2. The van der Waals surface area contributed by atoms with Crippen molar-refractivity contribution in [2.45, 2.75) is 24.8 Å². The molecule has 106 valence electrons. The Balaban J connectivity index is 2.35. The first kappa shape index (κ1) is 14.4. The second-order valence-electron chi connectivity index (χ2n) is 4.16. The van der Waals surface area contributed by atoms with Gasteiger partial charge in [-0.15, -0.1) is 5.10 Å². The molecule has 2 rings (SSSR count). The minimum Gasteiger partial charge on any atom is -0.392 e. The van der Waals surface area contributed by atoms with Gasteiger partial charge in [0, 0.05) is 6.20 Å². The number of hydrogen-bond donors (Lipinski definition) is 2. The molecule has 2 aromatic rings. The smallest absolute Gasteiger partial charge is 0.263 e. The molecule has 1 heterocycles. The number of nitrogens with one attached hydrogen (secondary N) is 1. The molecule has 0 aliphatic rings. The molecule has 0 atom stereocenters. The molecule has 0 saturated heterocycles. The summed E-state index contributed by atoms with van der Waals surface area (Å²) < 4.78 is 26.8. The quantitative estimate of drug-likeness (QED) is 0.867. The average molecular weight is 293 g/mol. The Morgan fingerprint density at radius 3 is 2.65 bits per heavy atom. The van der Waals surface area contributed by atoms with Crippen LogP contribution in [0.3, 0.4) is 0 Å². The van der Waals surface area contributed by atoms with Gasteiger partial charge >= 0.3 is 0 Å². The average Bonchev–Trinajstić information content (AvgIpc) is 2.47. The van der Waals surface area contributed by atoms with Crippen molar-refractivity contribution in [2.75, 3.05) is 4.72 Å². The number of nitrogens with zero attached hydrogens (tertiary/aromatic N) is 2. The van der Waals surface area contributed by atoms with Crippen LogP contribution in [-0.2, 0) is 23.1 Å². The van der Waals surface area contributed by atoms with E-state index in [2.05, 4.69) is 14.9 Å². The lowest BCUT2D eigenvalue weighted by Gasteiger charge is -2.10. The van der Waals surface area contributed by atoms with Crippen molar-refractivity contribution >= 4 is 15.8 Å². The molecule has 1 aromatic carbocycles. The summed E-state index contributed by atoms with van der Waals surface area (Å²) in [5.74, 6) is 0.151. The maximum absolute atomic E-state index is 12.2. The predicted octanol–water partition coefficient (Wildman–Crippen LogP) is 1.33. The summed E-state index contributed by atoms with van der Waals surface area (Å²) in [5.41, 5.74) is 1.53. The van der Waals surface area contributed by atoms with Crippen molar-refractivity contribution in [3.05, 3.63) is 47.7 Å². The Morgan fingerprint density at radius 2 is 2.05 bits per heavy atom. The van der Waals surface area contributed by atoms with Gasteiger partial charge in [-0.05, 0) is 41.8 Å². The lowest BCUT2D eigenvalue weighted by Crippen LogP contribution is -2.14. The second-order valence-corrected chi connectivity index (χ2v) is 5.84. The summed E-state index contributed by atoms with van der Waals surface area (Å²) in [7, 11) is -3.73. The molecule has 0 radical (unpaired) electrons. The van der Waals surface area contributed by atoms with Crippen molar-refractivity contribution in [1.29, 1.82) is 0 Å². The van der Waals surface area contributed by atoms with Crippen LogP contribution in [0, 0.1) is 0 Å². The predicted molar refractivity (Wildman–Crippen MR) is 74.6 cm³/mol. The molecule has 0 amide bonds. The van der Waals surface area contributed by atoms with E-state index in [1.165, 1.54) is 24.4 Å². The van der Waals surface area contributed by atoms with E-state index < -0.39 is 10.0 Å². The third-order valence-electron chi connectivity index (χ3n) is 2.85. The standard InChI is InChI=1S/C13H15N3O3S/c1-2-10-5-6-12(8-11(10)9-17)20(18,19)16-13-4-3-7-14-15-13/h3-8,17H,2,9H2,1H3,(H,15,16). The highest BCUT2D eigenvalue weighted by Gasteiger charge is 2.16. The Labute approximate surface area is 117 Å². The van der Waals surface area contributed by atoms with Crippen molar-refractivity contribution in [1.82, 2.24) is 10.2 Å². The second kappa shape index (κ2) is 5.98. The highest BCUT2D eigenvalue weighted by atomic mass is 32.2. The van der Waals surface area contributed by atoms with Crippen LogP contribution >= 0.6 is 0 Å². The molecule has 0 spiro atoms. The number of aromatic nitrogens is 2. The lowest BCUT2D eigenvalue weighted by molar-refractivity contribution is 0.280. The van der Waals surface area contributed by atoms with Crippen LogP contribution in [0.2, 0.25) is 0 Å². The molecule has 1 aromatic heterocycles. The number of sulfonamides is 1. The molecule has 0 bridgehead atoms. The Kier molecular flexibility index (Phi) is 4.31. The van der Waals surface area contributed by atoms with Gasteiger partial charge < -0.3 is 5.11 Å². The van der Waals surface area contributed by atoms with Crippen LogP contribution in [0.5, 0.6) is 0 Å². The monoisotopic (exact) mass is 293 g/mol. The van der Waals surface area contributed by atoms with Gasteiger partial charge in [-0.3, -0.25) is 4.72 Å². The number of aliphatic hydroxyl groups excluding tert-OH is 1. The topological polar surface area (TPSA) is 92.2 Å². The van der Waals surface area contributed by atoms with E-state index >= 15 is 0 Å².